The van der Waals surface area contributed by atoms with E-state index in [9.17, 15) is 9.59 Å². The van der Waals surface area contributed by atoms with Crippen molar-refractivity contribution >= 4 is 11.9 Å². The number of carbonyl (C=O) groups is 2. The molecule has 0 spiro atoms. The highest BCUT2D eigenvalue weighted by atomic mass is 16.6. The fourth-order valence-electron chi connectivity index (χ4n) is 1.60. The van der Waals surface area contributed by atoms with Crippen molar-refractivity contribution in [3.8, 4) is 0 Å². The maximum absolute atomic E-state index is 11.6. The van der Waals surface area contributed by atoms with Gasteiger partial charge in [0.15, 0.2) is 6.10 Å². The van der Waals surface area contributed by atoms with E-state index >= 15 is 0 Å². The van der Waals surface area contributed by atoms with Gasteiger partial charge in [0.25, 0.3) is 0 Å². The van der Waals surface area contributed by atoms with Crippen molar-refractivity contribution in [3.63, 3.8) is 0 Å². The van der Waals surface area contributed by atoms with Crippen LogP contribution < -0.4 is 0 Å². The van der Waals surface area contributed by atoms with Crippen molar-refractivity contribution in [2.24, 2.45) is 0 Å². The van der Waals surface area contributed by atoms with E-state index in [2.05, 4.69) is 0 Å². The van der Waals surface area contributed by atoms with Crippen LogP contribution in [0.3, 0.4) is 0 Å². The van der Waals surface area contributed by atoms with Crippen LogP contribution in [0.1, 0.15) is 25.8 Å². The summed E-state index contributed by atoms with van der Waals surface area (Å²) < 4.78 is 9.85. The smallest absolute Gasteiger partial charge is 0.347 e. The molecule has 1 rings (SSSR count). The SMILES string of the molecule is CCOC(=O)[C@H](CCc1ccccc1)OC(C)=O. The van der Waals surface area contributed by atoms with Crippen LogP contribution in [-0.2, 0) is 25.5 Å². The van der Waals surface area contributed by atoms with Gasteiger partial charge >= 0.3 is 11.9 Å². The average molecular weight is 250 g/mol. The van der Waals surface area contributed by atoms with E-state index in [4.69, 9.17) is 9.47 Å². The molecule has 1 atom stereocenters. The molecule has 0 aliphatic heterocycles. The molecular formula is C14H18O4. The average Bonchev–Trinajstić information content (AvgIpc) is 2.35. The highest BCUT2D eigenvalue weighted by Crippen LogP contribution is 2.09. The van der Waals surface area contributed by atoms with E-state index < -0.39 is 18.0 Å². The molecule has 0 aromatic heterocycles. The van der Waals surface area contributed by atoms with Gasteiger partial charge in [-0.05, 0) is 25.3 Å². The lowest BCUT2D eigenvalue weighted by atomic mass is 10.1. The fourth-order valence-corrected chi connectivity index (χ4v) is 1.60. The molecule has 0 fully saturated rings. The molecule has 0 heterocycles. The highest BCUT2D eigenvalue weighted by molar-refractivity contribution is 5.78. The van der Waals surface area contributed by atoms with E-state index in [1.165, 1.54) is 6.92 Å². The maximum atomic E-state index is 11.6. The zero-order valence-corrected chi connectivity index (χ0v) is 10.7. The lowest BCUT2D eigenvalue weighted by molar-refractivity contribution is -0.166. The number of carbonyl (C=O) groups excluding carboxylic acids is 2. The van der Waals surface area contributed by atoms with Crippen LogP contribution in [0.4, 0.5) is 0 Å². The first-order valence-corrected chi connectivity index (χ1v) is 6.01. The summed E-state index contributed by atoms with van der Waals surface area (Å²) in [6.07, 6.45) is 0.280. The summed E-state index contributed by atoms with van der Waals surface area (Å²) >= 11 is 0. The van der Waals surface area contributed by atoms with Gasteiger partial charge in [-0.25, -0.2) is 4.79 Å². The van der Waals surface area contributed by atoms with Crippen LogP contribution in [0.2, 0.25) is 0 Å². The Labute approximate surface area is 107 Å². The molecule has 0 radical (unpaired) electrons. The molecule has 0 saturated carbocycles. The highest BCUT2D eigenvalue weighted by Gasteiger charge is 2.22. The number of rotatable bonds is 6. The van der Waals surface area contributed by atoms with E-state index in [1.807, 2.05) is 30.3 Å². The van der Waals surface area contributed by atoms with Gasteiger partial charge in [-0.15, -0.1) is 0 Å². The number of hydrogen-bond acceptors (Lipinski definition) is 4. The van der Waals surface area contributed by atoms with Crippen molar-refractivity contribution in [1.29, 1.82) is 0 Å². The molecule has 0 N–H and O–H groups in total. The number of ether oxygens (including phenoxy) is 2. The molecule has 18 heavy (non-hydrogen) atoms. The van der Waals surface area contributed by atoms with E-state index in [1.54, 1.807) is 6.92 Å². The third-order valence-electron chi connectivity index (χ3n) is 2.40. The van der Waals surface area contributed by atoms with Gasteiger partial charge in [0.05, 0.1) is 6.61 Å². The van der Waals surface area contributed by atoms with E-state index in [0.717, 1.165) is 5.56 Å². The molecule has 0 bridgehead atoms. The second-order valence-corrected chi connectivity index (χ2v) is 3.87. The zero-order valence-electron chi connectivity index (χ0n) is 10.7. The maximum Gasteiger partial charge on any atom is 0.347 e. The molecule has 0 amide bonds. The lowest BCUT2D eigenvalue weighted by Crippen LogP contribution is -2.29. The predicted octanol–water partition coefficient (Wildman–Crippen LogP) is 2.11. The minimum atomic E-state index is -0.817. The van der Waals surface area contributed by atoms with Gasteiger partial charge < -0.3 is 9.47 Å². The summed E-state index contributed by atoms with van der Waals surface area (Å²) in [7, 11) is 0. The molecule has 0 saturated heterocycles. The van der Waals surface area contributed by atoms with Crippen LogP contribution in [0, 0.1) is 0 Å². The number of benzene rings is 1. The Balaban J connectivity index is 2.55. The Morgan fingerprint density at radius 1 is 1.22 bits per heavy atom. The van der Waals surface area contributed by atoms with Gasteiger partial charge in [0, 0.05) is 6.92 Å². The topological polar surface area (TPSA) is 52.6 Å². The van der Waals surface area contributed by atoms with Gasteiger partial charge in [-0.2, -0.15) is 0 Å². The Morgan fingerprint density at radius 3 is 2.44 bits per heavy atom. The third kappa shape index (κ3) is 4.99. The summed E-state index contributed by atoms with van der Waals surface area (Å²) in [5, 5.41) is 0. The van der Waals surface area contributed by atoms with Crippen molar-refractivity contribution < 1.29 is 19.1 Å². The van der Waals surface area contributed by atoms with E-state index in [0.29, 0.717) is 12.8 Å². The summed E-state index contributed by atoms with van der Waals surface area (Å²) in [6.45, 7) is 3.29. The largest absolute Gasteiger partial charge is 0.463 e. The van der Waals surface area contributed by atoms with Crippen LogP contribution in [-0.4, -0.2) is 24.6 Å². The fraction of sp³-hybridized carbons (Fsp3) is 0.429. The summed E-state index contributed by atoms with van der Waals surface area (Å²) in [6, 6.07) is 9.73. The van der Waals surface area contributed by atoms with Crippen LogP contribution in [0.5, 0.6) is 0 Å². The minimum absolute atomic E-state index is 0.280. The normalized spacial score (nSPS) is 11.7. The third-order valence-corrected chi connectivity index (χ3v) is 2.40. The number of hydrogen-bond donors (Lipinski definition) is 0. The molecule has 0 aliphatic rings. The molecule has 1 aromatic carbocycles. The summed E-state index contributed by atoms with van der Waals surface area (Å²) in [5.41, 5.74) is 1.10. The number of aryl methyl sites for hydroxylation is 1. The molecule has 98 valence electrons. The van der Waals surface area contributed by atoms with Crippen molar-refractivity contribution in [2.75, 3.05) is 6.61 Å². The Morgan fingerprint density at radius 2 is 1.89 bits per heavy atom. The molecule has 0 aliphatic carbocycles. The molecular weight excluding hydrogens is 232 g/mol. The second-order valence-electron chi connectivity index (χ2n) is 3.87. The predicted molar refractivity (Wildman–Crippen MR) is 67.0 cm³/mol. The minimum Gasteiger partial charge on any atom is -0.463 e. The first-order chi connectivity index (χ1) is 8.63. The van der Waals surface area contributed by atoms with Crippen LogP contribution in [0.15, 0.2) is 30.3 Å². The standard InChI is InChI=1S/C14H18O4/c1-3-17-14(16)13(18-11(2)15)10-9-12-7-5-4-6-8-12/h4-8,13H,3,9-10H2,1-2H3/t13-/m0/s1. The van der Waals surface area contributed by atoms with Gasteiger partial charge in [-0.1, -0.05) is 30.3 Å². The quantitative estimate of drug-likeness (QED) is 0.726. The Kier molecular flexibility index (Phi) is 5.91. The van der Waals surface area contributed by atoms with E-state index in [-0.39, 0.29) is 6.61 Å². The molecule has 1 aromatic rings. The monoisotopic (exact) mass is 250 g/mol. The zero-order chi connectivity index (χ0) is 13.4. The summed E-state index contributed by atoms with van der Waals surface area (Å²) in [5.74, 6) is -0.954. The van der Waals surface area contributed by atoms with Gasteiger partial charge in [0.2, 0.25) is 0 Å². The lowest BCUT2D eigenvalue weighted by Gasteiger charge is -2.15. The second kappa shape index (κ2) is 7.48. The molecule has 0 unspecified atom stereocenters. The molecule has 4 nitrogen and oxygen atoms in total. The van der Waals surface area contributed by atoms with Gasteiger partial charge in [0.1, 0.15) is 0 Å². The Hall–Kier alpha value is -1.84. The Bertz CT molecular complexity index is 386. The summed E-state index contributed by atoms with van der Waals surface area (Å²) in [4.78, 5) is 22.5. The van der Waals surface area contributed by atoms with Crippen molar-refractivity contribution in [1.82, 2.24) is 0 Å². The first kappa shape index (κ1) is 14.2. The molecule has 4 heteroatoms. The van der Waals surface area contributed by atoms with Crippen LogP contribution in [0.25, 0.3) is 0 Å². The number of esters is 2. The van der Waals surface area contributed by atoms with Gasteiger partial charge in [-0.3, -0.25) is 4.79 Å². The van der Waals surface area contributed by atoms with Crippen LogP contribution >= 0.6 is 0 Å². The van der Waals surface area contributed by atoms with Crippen molar-refractivity contribution in [2.45, 2.75) is 32.8 Å². The first-order valence-electron chi connectivity index (χ1n) is 6.01. The van der Waals surface area contributed by atoms with Crippen molar-refractivity contribution in [3.05, 3.63) is 35.9 Å².